The van der Waals surface area contributed by atoms with Crippen LogP contribution >= 0.6 is 0 Å². The number of fused-ring (bicyclic) bond motifs is 1. The third-order valence-electron chi connectivity index (χ3n) is 6.55. The predicted octanol–water partition coefficient (Wildman–Crippen LogP) is 2.85. The Morgan fingerprint density at radius 2 is 1.67 bits per heavy atom. The summed E-state index contributed by atoms with van der Waals surface area (Å²) < 4.78 is 10.9. The maximum absolute atomic E-state index is 10.5. The van der Waals surface area contributed by atoms with Crippen LogP contribution in [0, 0.1) is 0 Å². The van der Waals surface area contributed by atoms with Crippen molar-refractivity contribution < 1.29 is 24.8 Å². The van der Waals surface area contributed by atoms with Gasteiger partial charge in [0.05, 0.1) is 0 Å². The summed E-state index contributed by atoms with van der Waals surface area (Å²) >= 11 is 0. The summed E-state index contributed by atoms with van der Waals surface area (Å²) in [6.45, 7) is 2.14. The van der Waals surface area contributed by atoms with Crippen LogP contribution < -0.4 is 0 Å². The molecule has 1 heterocycles. The van der Waals surface area contributed by atoms with Crippen molar-refractivity contribution in [2.75, 3.05) is 7.11 Å². The second-order valence-electron chi connectivity index (χ2n) is 8.50. The fourth-order valence-corrected chi connectivity index (χ4v) is 4.77. The smallest absolute Gasteiger partial charge is 0.186 e. The lowest BCUT2D eigenvalue weighted by Gasteiger charge is -2.40. The molecule has 1 aliphatic carbocycles. The van der Waals surface area contributed by atoms with Crippen molar-refractivity contribution in [1.29, 1.82) is 0 Å². The molecule has 2 aromatic carbocycles. The van der Waals surface area contributed by atoms with Gasteiger partial charge in [-0.3, -0.25) is 0 Å². The van der Waals surface area contributed by atoms with Gasteiger partial charge in [-0.1, -0.05) is 43.3 Å². The lowest BCUT2D eigenvalue weighted by atomic mass is 9.87. The van der Waals surface area contributed by atoms with Crippen LogP contribution in [0.15, 0.2) is 36.4 Å². The number of benzene rings is 2. The molecule has 0 saturated carbocycles. The van der Waals surface area contributed by atoms with Crippen molar-refractivity contribution in [3.63, 3.8) is 0 Å². The summed E-state index contributed by atoms with van der Waals surface area (Å²) in [5.74, 6) is 0. The molecule has 0 amide bonds. The maximum Gasteiger partial charge on any atom is 0.186 e. The number of hydrogen-bond acceptors (Lipinski definition) is 5. The van der Waals surface area contributed by atoms with E-state index in [-0.39, 0.29) is 0 Å². The first-order valence-corrected chi connectivity index (χ1v) is 11.0. The molecule has 162 valence electrons. The molecule has 2 aromatic rings. The minimum absolute atomic E-state index is 0.762. The Morgan fingerprint density at radius 1 is 0.900 bits per heavy atom. The minimum Gasteiger partial charge on any atom is -0.387 e. The minimum atomic E-state index is -1.33. The summed E-state index contributed by atoms with van der Waals surface area (Å²) in [7, 11) is 1.41. The average molecular weight is 413 g/mol. The Morgan fingerprint density at radius 3 is 2.40 bits per heavy atom. The van der Waals surface area contributed by atoms with Gasteiger partial charge in [0.1, 0.15) is 24.4 Å². The SMILES string of the molecule is CCc1ccc([C@@H]2O[C@H](OC)[C@@H](O)[C@H](O)[C@H]2O)cc1Cc1ccc2c(c1)CCCC2. The summed E-state index contributed by atoms with van der Waals surface area (Å²) in [5, 5.41) is 30.8. The van der Waals surface area contributed by atoms with E-state index < -0.39 is 30.7 Å². The lowest BCUT2D eigenvalue weighted by molar-refractivity contribution is -0.292. The monoisotopic (exact) mass is 412 g/mol. The Balaban J connectivity index is 1.62. The van der Waals surface area contributed by atoms with Crippen LogP contribution in [0.4, 0.5) is 0 Å². The zero-order chi connectivity index (χ0) is 21.3. The van der Waals surface area contributed by atoms with Gasteiger partial charge in [0.2, 0.25) is 0 Å². The van der Waals surface area contributed by atoms with Crippen molar-refractivity contribution in [3.8, 4) is 0 Å². The molecule has 30 heavy (non-hydrogen) atoms. The molecule has 1 fully saturated rings. The van der Waals surface area contributed by atoms with Gasteiger partial charge in [-0.15, -0.1) is 0 Å². The van der Waals surface area contributed by atoms with Crippen molar-refractivity contribution in [3.05, 3.63) is 69.8 Å². The second-order valence-corrected chi connectivity index (χ2v) is 8.50. The molecule has 0 radical (unpaired) electrons. The Hall–Kier alpha value is -1.76. The van der Waals surface area contributed by atoms with Crippen LogP contribution in [-0.2, 0) is 35.2 Å². The molecule has 1 aliphatic heterocycles. The molecule has 0 aromatic heterocycles. The molecule has 0 spiro atoms. The first kappa shape index (κ1) is 21.5. The van der Waals surface area contributed by atoms with Gasteiger partial charge in [-0.05, 0) is 71.9 Å². The third-order valence-corrected chi connectivity index (χ3v) is 6.55. The molecule has 0 bridgehead atoms. The molecule has 4 rings (SSSR count). The predicted molar refractivity (Wildman–Crippen MR) is 114 cm³/mol. The van der Waals surface area contributed by atoms with Crippen molar-refractivity contribution in [1.82, 2.24) is 0 Å². The highest BCUT2D eigenvalue weighted by Crippen LogP contribution is 2.34. The number of hydrogen-bond donors (Lipinski definition) is 3. The van der Waals surface area contributed by atoms with Gasteiger partial charge in [0.15, 0.2) is 6.29 Å². The normalized spacial score (nSPS) is 28.9. The first-order valence-electron chi connectivity index (χ1n) is 11.0. The van der Waals surface area contributed by atoms with E-state index in [4.69, 9.17) is 9.47 Å². The summed E-state index contributed by atoms with van der Waals surface area (Å²) in [5.41, 5.74) is 7.46. The number of rotatable bonds is 5. The average Bonchev–Trinajstić information content (AvgIpc) is 2.77. The van der Waals surface area contributed by atoms with E-state index >= 15 is 0 Å². The molecule has 2 aliphatic rings. The number of aryl methyl sites for hydroxylation is 3. The number of aliphatic hydroxyl groups excluding tert-OH is 3. The van der Waals surface area contributed by atoms with Gasteiger partial charge < -0.3 is 24.8 Å². The number of aliphatic hydroxyl groups is 3. The first-order chi connectivity index (χ1) is 14.5. The molecular formula is C25H32O5. The van der Waals surface area contributed by atoms with Crippen molar-refractivity contribution in [2.24, 2.45) is 0 Å². The Kier molecular flexibility index (Phi) is 6.56. The van der Waals surface area contributed by atoms with Crippen molar-refractivity contribution in [2.45, 2.75) is 76.2 Å². The number of methoxy groups -OCH3 is 1. The summed E-state index contributed by atoms with van der Waals surface area (Å²) in [4.78, 5) is 0. The fraction of sp³-hybridized carbons (Fsp3) is 0.520. The van der Waals surface area contributed by atoms with Gasteiger partial charge in [0, 0.05) is 7.11 Å². The van der Waals surface area contributed by atoms with Gasteiger partial charge >= 0.3 is 0 Å². The number of ether oxygens (including phenoxy) is 2. The summed E-state index contributed by atoms with van der Waals surface area (Å²) in [6.07, 6.45) is 1.01. The van der Waals surface area contributed by atoms with E-state index in [1.807, 2.05) is 6.07 Å². The van der Waals surface area contributed by atoms with Crippen LogP contribution in [0.1, 0.15) is 59.3 Å². The second kappa shape index (κ2) is 9.16. The quantitative estimate of drug-likeness (QED) is 0.704. The molecule has 3 N–H and O–H groups in total. The molecular weight excluding hydrogens is 380 g/mol. The Bertz CT molecular complexity index is 878. The molecule has 0 unspecified atom stereocenters. The van der Waals surface area contributed by atoms with Crippen molar-refractivity contribution >= 4 is 0 Å². The molecule has 5 heteroatoms. The van der Waals surface area contributed by atoms with Crippen LogP contribution in [0.2, 0.25) is 0 Å². The van der Waals surface area contributed by atoms with Crippen LogP contribution in [-0.4, -0.2) is 47.0 Å². The van der Waals surface area contributed by atoms with E-state index in [1.165, 1.54) is 54.2 Å². The third kappa shape index (κ3) is 4.18. The molecule has 1 saturated heterocycles. The zero-order valence-electron chi connectivity index (χ0n) is 17.8. The topological polar surface area (TPSA) is 79.2 Å². The highest BCUT2D eigenvalue weighted by atomic mass is 16.7. The van der Waals surface area contributed by atoms with E-state index in [2.05, 4.69) is 37.3 Å². The van der Waals surface area contributed by atoms with Gasteiger partial charge in [-0.2, -0.15) is 0 Å². The van der Waals surface area contributed by atoms with Crippen LogP contribution in [0.25, 0.3) is 0 Å². The van der Waals surface area contributed by atoms with Crippen LogP contribution in [0.3, 0.4) is 0 Å². The maximum atomic E-state index is 10.5. The molecule has 5 nitrogen and oxygen atoms in total. The zero-order valence-corrected chi connectivity index (χ0v) is 17.8. The van der Waals surface area contributed by atoms with E-state index in [9.17, 15) is 15.3 Å². The standard InChI is InChI=1S/C25H32O5/c1-3-16-10-11-19(24-22(27)21(26)23(28)25(29-2)30-24)14-20(16)13-15-8-9-17-6-4-5-7-18(17)12-15/h8-12,14,21-28H,3-7,13H2,1-2H3/t21-,22-,23+,24+,25+/m1/s1. The summed E-state index contributed by atoms with van der Waals surface area (Å²) in [6, 6.07) is 12.9. The Labute approximate surface area is 178 Å². The van der Waals surface area contributed by atoms with E-state index in [0.717, 1.165) is 24.8 Å². The van der Waals surface area contributed by atoms with Gasteiger partial charge in [0.25, 0.3) is 0 Å². The largest absolute Gasteiger partial charge is 0.387 e. The highest BCUT2D eigenvalue weighted by molar-refractivity contribution is 5.40. The lowest BCUT2D eigenvalue weighted by Crippen LogP contribution is -2.54. The van der Waals surface area contributed by atoms with Gasteiger partial charge in [-0.25, -0.2) is 0 Å². The molecule has 5 atom stereocenters. The van der Waals surface area contributed by atoms with Crippen LogP contribution in [0.5, 0.6) is 0 Å². The van der Waals surface area contributed by atoms with E-state index in [0.29, 0.717) is 0 Å². The fourth-order valence-electron chi connectivity index (χ4n) is 4.77. The van der Waals surface area contributed by atoms with E-state index in [1.54, 1.807) is 0 Å². The highest BCUT2D eigenvalue weighted by Gasteiger charge is 2.44.